The monoisotopic (exact) mass is 277 g/mol. The average molecular weight is 277 g/mol. The summed E-state index contributed by atoms with van der Waals surface area (Å²) in [5, 5.41) is 17.7. The Morgan fingerprint density at radius 3 is 2.85 bits per heavy atom. The minimum atomic E-state index is -0.367. The molecule has 0 saturated heterocycles. The maximum absolute atomic E-state index is 11.0. The molecule has 0 aliphatic rings. The first kappa shape index (κ1) is 14.1. The molecular weight excluding hydrogens is 262 g/mol. The molecule has 0 atom stereocenters. The highest BCUT2D eigenvalue weighted by Crippen LogP contribution is 2.23. The van der Waals surface area contributed by atoms with E-state index in [0.717, 1.165) is 0 Å². The summed E-state index contributed by atoms with van der Waals surface area (Å²) < 4.78 is 4.87. The Kier molecular flexibility index (Phi) is 4.36. The van der Waals surface area contributed by atoms with Crippen LogP contribution in [0, 0.1) is 24.0 Å². The van der Waals surface area contributed by atoms with Crippen molar-refractivity contribution in [1.29, 1.82) is 0 Å². The molecule has 0 unspecified atom stereocenters. The molecule has 0 aromatic carbocycles. The van der Waals surface area contributed by atoms with Gasteiger partial charge in [0.2, 0.25) is 5.89 Å². The molecule has 106 valence electrons. The van der Waals surface area contributed by atoms with Crippen molar-refractivity contribution in [3.8, 4) is 0 Å². The molecule has 0 spiro atoms. The smallest absolute Gasteiger partial charge is 0.278 e. The summed E-state index contributed by atoms with van der Waals surface area (Å²) in [6.45, 7) is 4.49. The lowest BCUT2D eigenvalue weighted by Crippen LogP contribution is -2.18. The molecule has 0 amide bonds. The lowest BCUT2D eigenvalue weighted by atomic mass is 10.1. The van der Waals surface area contributed by atoms with Gasteiger partial charge in [0.25, 0.3) is 5.69 Å². The number of nitrogens with zero attached hydrogens (tertiary/aromatic N) is 4. The van der Waals surface area contributed by atoms with Gasteiger partial charge in [-0.15, -0.1) is 0 Å². The fourth-order valence-electron chi connectivity index (χ4n) is 1.93. The third-order valence-corrected chi connectivity index (χ3v) is 2.97. The number of aromatic nitrogens is 3. The molecule has 0 aliphatic heterocycles. The molecule has 2 aromatic heterocycles. The van der Waals surface area contributed by atoms with Crippen LogP contribution in [0.4, 0.5) is 5.69 Å². The van der Waals surface area contributed by atoms with Crippen LogP contribution in [0.25, 0.3) is 0 Å². The first-order chi connectivity index (χ1) is 9.59. The summed E-state index contributed by atoms with van der Waals surface area (Å²) in [7, 11) is 0. The summed E-state index contributed by atoms with van der Waals surface area (Å²) in [4.78, 5) is 18.8. The van der Waals surface area contributed by atoms with Crippen molar-refractivity contribution < 1.29 is 9.45 Å². The van der Waals surface area contributed by atoms with Gasteiger partial charge in [0, 0.05) is 36.8 Å². The molecule has 20 heavy (non-hydrogen) atoms. The van der Waals surface area contributed by atoms with Gasteiger partial charge in [0.1, 0.15) is 0 Å². The Morgan fingerprint density at radius 1 is 1.40 bits per heavy atom. The summed E-state index contributed by atoms with van der Waals surface area (Å²) >= 11 is 0. The highest BCUT2D eigenvalue weighted by Gasteiger charge is 2.18. The van der Waals surface area contributed by atoms with Crippen molar-refractivity contribution >= 4 is 5.69 Å². The molecule has 0 fully saturated rings. The number of nitrogens with one attached hydrogen (secondary N) is 1. The van der Waals surface area contributed by atoms with Crippen LogP contribution >= 0.6 is 0 Å². The standard InChI is InChI=1S/C12H15N5O3/c1-8-5-14-10(9(2)12(8)17(18)19)6-13-4-3-11-15-7-16-20-11/h5,7,13H,3-4,6H2,1-2H3. The number of aryl methyl sites for hydroxylation is 1. The summed E-state index contributed by atoms with van der Waals surface area (Å²) in [5.74, 6) is 0.553. The van der Waals surface area contributed by atoms with Crippen LogP contribution in [0.1, 0.15) is 22.7 Å². The van der Waals surface area contributed by atoms with Gasteiger partial charge < -0.3 is 9.84 Å². The molecule has 8 nitrogen and oxygen atoms in total. The first-order valence-corrected chi connectivity index (χ1v) is 6.15. The predicted molar refractivity (Wildman–Crippen MR) is 70.1 cm³/mol. The van der Waals surface area contributed by atoms with Gasteiger partial charge in [0.05, 0.1) is 10.6 Å². The van der Waals surface area contributed by atoms with Crippen LogP contribution in [0.2, 0.25) is 0 Å². The number of hydrogen-bond donors (Lipinski definition) is 1. The molecule has 2 heterocycles. The molecule has 2 rings (SSSR count). The average Bonchev–Trinajstić information content (AvgIpc) is 2.89. The molecular formula is C12H15N5O3. The normalized spacial score (nSPS) is 10.7. The van der Waals surface area contributed by atoms with E-state index in [1.54, 1.807) is 13.8 Å². The molecule has 0 aliphatic carbocycles. The van der Waals surface area contributed by atoms with E-state index in [0.29, 0.717) is 42.2 Å². The second-order valence-corrected chi connectivity index (χ2v) is 4.38. The first-order valence-electron chi connectivity index (χ1n) is 6.15. The van der Waals surface area contributed by atoms with Crippen LogP contribution in [0.15, 0.2) is 17.0 Å². The molecule has 8 heteroatoms. The Labute approximate surface area is 115 Å². The fourth-order valence-corrected chi connectivity index (χ4v) is 1.93. The number of hydrogen-bond acceptors (Lipinski definition) is 7. The minimum absolute atomic E-state index is 0.133. The van der Waals surface area contributed by atoms with E-state index in [1.807, 2.05) is 0 Å². The van der Waals surface area contributed by atoms with Gasteiger partial charge in [-0.25, -0.2) is 0 Å². The van der Waals surface area contributed by atoms with Crippen molar-refractivity contribution in [2.45, 2.75) is 26.8 Å². The van der Waals surface area contributed by atoms with Crippen molar-refractivity contribution in [1.82, 2.24) is 20.4 Å². The SMILES string of the molecule is Cc1cnc(CNCCc2ncno2)c(C)c1[N+](=O)[O-]. The van der Waals surface area contributed by atoms with Gasteiger partial charge in [-0.3, -0.25) is 15.1 Å². The third kappa shape index (κ3) is 3.15. The van der Waals surface area contributed by atoms with Crippen molar-refractivity contribution in [2.24, 2.45) is 0 Å². The zero-order valence-electron chi connectivity index (χ0n) is 11.3. The second-order valence-electron chi connectivity index (χ2n) is 4.38. The van der Waals surface area contributed by atoms with Gasteiger partial charge in [-0.1, -0.05) is 5.16 Å². The predicted octanol–water partition coefficient (Wildman–Crippen LogP) is 1.32. The van der Waals surface area contributed by atoms with Crippen LogP contribution in [0.3, 0.4) is 0 Å². The van der Waals surface area contributed by atoms with E-state index in [-0.39, 0.29) is 10.6 Å². The van der Waals surface area contributed by atoms with Crippen LogP contribution in [-0.4, -0.2) is 26.6 Å². The topological polar surface area (TPSA) is 107 Å². The van der Waals surface area contributed by atoms with E-state index in [4.69, 9.17) is 4.52 Å². The van der Waals surface area contributed by atoms with Crippen molar-refractivity contribution in [2.75, 3.05) is 6.54 Å². The Morgan fingerprint density at radius 2 is 2.20 bits per heavy atom. The van der Waals surface area contributed by atoms with Crippen LogP contribution in [0.5, 0.6) is 0 Å². The number of rotatable bonds is 6. The van der Waals surface area contributed by atoms with E-state index in [1.165, 1.54) is 12.5 Å². The quantitative estimate of drug-likeness (QED) is 0.482. The van der Waals surface area contributed by atoms with E-state index in [9.17, 15) is 10.1 Å². The van der Waals surface area contributed by atoms with Gasteiger partial charge in [0.15, 0.2) is 6.33 Å². The van der Waals surface area contributed by atoms with E-state index in [2.05, 4.69) is 20.4 Å². The lowest BCUT2D eigenvalue weighted by molar-refractivity contribution is -0.386. The van der Waals surface area contributed by atoms with E-state index < -0.39 is 0 Å². The van der Waals surface area contributed by atoms with Crippen molar-refractivity contribution in [3.63, 3.8) is 0 Å². The lowest BCUT2D eigenvalue weighted by Gasteiger charge is -2.08. The fraction of sp³-hybridized carbons (Fsp3) is 0.417. The largest absolute Gasteiger partial charge is 0.340 e. The molecule has 2 aromatic rings. The van der Waals surface area contributed by atoms with Crippen molar-refractivity contribution in [3.05, 3.63) is 45.4 Å². The van der Waals surface area contributed by atoms with E-state index >= 15 is 0 Å². The zero-order chi connectivity index (χ0) is 14.5. The molecule has 1 N–H and O–H groups in total. The zero-order valence-corrected chi connectivity index (χ0v) is 11.3. The Bertz CT molecular complexity index is 597. The molecule has 0 bridgehead atoms. The third-order valence-electron chi connectivity index (χ3n) is 2.97. The summed E-state index contributed by atoms with van der Waals surface area (Å²) in [5.41, 5.74) is 1.98. The molecule has 0 saturated carbocycles. The second kappa shape index (κ2) is 6.20. The maximum Gasteiger partial charge on any atom is 0.278 e. The summed E-state index contributed by atoms with van der Waals surface area (Å²) in [6, 6.07) is 0. The number of pyridine rings is 1. The number of nitro groups is 1. The Hall–Kier alpha value is -2.35. The highest BCUT2D eigenvalue weighted by molar-refractivity contribution is 5.47. The van der Waals surface area contributed by atoms with Gasteiger partial charge in [-0.2, -0.15) is 4.98 Å². The van der Waals surface area contributed by atoms with Crippen LogP contribution < -0.4 is 5.32 Å². The molecule has 0 radical (unpaired) electrons. The van der Waals surface area contributed by atoms with Crippen LogP contribution in [-0.2, 0) is 13.0 Å². The minimum Gasteiger partial charge on any atom is -0.340 e. The van der Waals surface area contributed by atoms with Gasteiger partial charge >= 0.3 is 0 Å². The maximum atomic E-state index is 11.0. The summed E-state index contributed by atoms with van der Waals surface area (Å²) in [6.07, 6.45) is 3.48. The Balaban J connectivity index is 1.96. The highest BCUT2D eigenvalue weighted by atomic mass is 16.6. The van der Waals surface area contributed by atoms with Gasteiger partial charge in [-0.05, 0) is 13.8 Å².